The molecule has 0 aliphatic heterocycles. The molecule has 1 heterocycles. The first-order valence-corrected chi connectivity index (χ1v) is 7.58. The standard InChI is InChI=1S/C12H23N3OS/c1-5-13-10(6-9(2)3)7-12-14-11(8-17-4)15-16-12/h9-10,13H,5-8H2,1-4H3. The first-order chi connectivity index (χ1) is 8.15. The van der Waals surface area contributed by atoms with Crippen LogP contribution < -0.4 is 5.32 Å². The summed E-state index contributed by atoms with van der Waals surface area (Å²) >= 11 is 1.71. The van der Waals surface area contributed by atoms with Gasteiger partial charge < -0.3 is 9.84 Å². The van der Waals surface area contributed by atoms with Crippen LogP contribution in [-0.4, -0.2) is 29.0 Å². The van der Waals surface area contributed by atoms with Crippen LogP contribution in [0.5, 0.6) is 0 Å². The highest BCUT2D eigenvalue weighted by atomic mass is 32.2. The van der Waals surface area contributed by atoms with Crippen LogP contribution in [0.4, 0.5) is 0 Å². The van der Waals surface area contributed by atoms with E-state index in [1.165, 1.54) is 0 Å². The number of likely N-dealkylation sites (N-methyl/N-ethyl adjacent to an activating group) is 1. The lowest BCUT2D eigenvalue weighted by Gasteiger charge is -2.17. The highest BCUT2D eigenvalue weighted by molar-refractivity contribution is 7.97. The molecule has 0 aliphatic rings. The van der Waals surface area contributed by atoms with Crippen molar-refractivity contribution in [3.63, 3.8) is 0 Å². The average Bonchev–Trinajstić information content (AvgIpc) is 2.65. The molecule has 0 amide bonds. The number of nitrogens with zero attached hydrogens (tertiary/aromatic N) is 2. The van der Waals surface area contributed by atoms with Crippen molar-refractivity contribution < 1.29 is 4.52 Å². The number of aromatic nitrogens is 2. The first kappa shape index (κ1) is 14.5. The molecule has 0 saturated carbocycles. The molecule has 98 valence electrons. The van der Waals surface area contributed by atoms with Gasteiger partial charge in [0, 0.05) is 12.5 Å². The van der Waals surface area contributed by atoms with E-state index in [-0.39, 0.29) is 0 Å². The molecule has 1 atom stereocenters. The van der Waals surface area contributed by atoms with Gasteiger partial charge in [0.1, 0.15) is 0 Å². The molecule has 17 heavy (non-hydrogen) atoms. The van der Waals surface area contributed by atoms with E-state index in [4.69, 9.17) is 4.52 Å². The third-order valence-corrected chi connectivity index (χ3v) is 3.00. The van der Waals surface area contributed by atoms with Crippen LogP contribution >= 0.6 is 11.8 Å². The largest absolute Gasteiger partial charge is 0.339 e. The third kappa shape index (κ3) is 5.55. The minimum atomic E-state index is 0.433. The fraction of sp³-hybridized carbons (Fsp3) is 0.833. The molecule has 4 nitrogen and oxygen atoms in total. The Kier molecular flexibility index (Phi) is 6.58. The van der Waals surface area contributed by atoms with Gasteiger partial charge in [-0.1, -0.05) is 25.9 Å². The lowest BCUT2D eigenvalue weighted by molar-refractivity contribution is 0.338. The Morgan fingerprint density at radius 1 is 1.41 bits per heavy atom. The molecule has 0 radical (unpaired) electrons. The van der Waals surface area contributed by atoms with Gasteiger partial charge in [-0.05, 0) is 25.1 Å². The van der Waals surface area contributed by atoms with E-state index in [2.05, 4.69) is 36.2 Å². The summed E-state index contributed by atoms with van der Waals surface area (Å²) in [5.41, 5.74) is 0. The SMILES string of the molecule is CCNC(Cc1nc(CSC)no1)CC(C)C. The molecule has 1 aromatic rings. The Labute approximate surface area is 108 Å². The van der Waals surface area contributed by atoms with Gasteiger partial charge in [0.25, 0.3) is 0 Å². The second-order valence-electron chi connectivity index (χ2n) is 4.63. The predicted octanol–water partition coefficient (Wildman–Crippen LogP) is 2.50. The molecule has 0 spiro atoms. The predicted molar refractivity (Wildman–Crippen MR) is 72.1 cm³/mol. The van der Waals surface area contributed by atoms with E-state index < -0.39 is 0 Å². The van der Waals surface area contributed by atoms with Crippen LogP contribution in [0.1, 0.15) is 38.9 Å². The Bertz CT molecular complexity index is 314. The number of nitrogens with one attached hydrogen (secondary N) is 1. The van der Waals surface area contributed by atoms with Crippen molar-refractivity contribution >= 4 is 11.8 Å². The minimum absolute atomic E-state index is 0.433. The highest BCUT2D eigenvalue weighted by Gasteiger charge is 2.15. The molecule has 0 aliphatic carbocycles. The molecule has 1 rings (SSSR count). The summed E-state index contributed by atoms with van der Waals surface area (Å²) in [5.74, 6) is 3.04. The van der Waals surface area contributed by atoms with Gasteiger partial charge >= 0.3 is 0 Å². The number of rotatable bonds is 8. The fourth-order valence-electron chi connectivity index (χ4n) is 1.87. The van der Waals surface area contributed by atoms with Gasteiger partial charge in [-0.3, -0.25) is 0 Å². The summed E-state index contributed by atoms with van der Waals surface area (Å²) in [6.07, 6.45) is 4.00. The van der Waals surface area contributed by atoms with Crippen molar-refractivity contribution in [2.45, 2.75) is 45.4 Å². The zero-order chi connectivity index (χ0) is 12.7. The summed E-state index contributed by atoms with van der Waals surface area (Å²) in [7, 11) is 0. The quantitative estimate of drug-likeness (QED) is 0.775. The van der Waals surface area contributed by atoms with E-state index in [9.17, 15) is 0 Å². The number of thioether (sulfide) groups is 1. The van der Waals surface area contributed by atoms with Crippen LogP contribution in [0, 0.1) is 5.92 Å². The van der Waals surface area contributed by atoms with Crippen LogP contribution in [0.15, 0.2) is 4.52 Å². The van der Waals surface area contributed by atoms with Crippen molar-refractivity contribution in [3.05, 3.63) is 11.7 Å². The number of hydrogen-bond donors (Lipinski definition) is 1. The van der Waals surface area contributed by atoms with E-state index in [1.807, 2.05) is 6.26 Å². The summed E-state index contributed by atoms with van der Waals surface area (Å²) in [5, 5.41) is 7.43. The van der Waals surface area contributed by atoms with E-state index in [1.54, 1.807) is 11.8 Å². The molecule has 0 fully saturated rings. The zero-order valence-corrected chi connectivity index (χ0v) is 12.0. The lowest BCUT2D eigenvalue weighted by Crippen LogP contribution is -2.32. The van der Waals surface area contributed by atoms with Gasteiger partial charge in [0.05, 0.1) is 5.75 Å². The monoisotopic (exact) mass is 257 g/mol. The van der Waals surface area contributed by atoms with E-state index in [0.29, 0.717) is 12.0 Å². The van der Waals surface area contributed by atoms with Crippen LogP contribution in [0.25, 0.3) is 0 Å². The third-order valence-electron chi connectivity index (χ3n) is 2.45. The maximum absolute atomic E-state index is 5.26. The minimum Gasteiger partial charge on any atom is -0.339 e. The van der Waals surface area contributed by atoms with Crippen LogP contribution in [-0.2, 0) is 12.2 Å². The molecular formula is C12H23N3OS. The average molecular weight is 257 g/mol. The molecule has 0 bridgehead atoms. The molecule has 1 N–H and O–H groups in total. The second kappa shape index (κ2) is 7.71. The van der Waals surface area contributed by atoms with Crippen molar-refractivity contribution in [1.82, 2.24) is 15.5 Å². The summed E-state index contributed by atoms with van der Waals surface area (Å²) in [6.45, 7) is 7.57. The maximum Gasteiger partial charge on any atom is 0.228 e. The normalized spacial score (nSPS) is 13.2. The smallest absolute Gasteiger partial charge is 0.228 e. The Morgan fingerprint density at radius 3 is 2.76 bits per heavy atom. The van der Waals surface area contributed by atoms with Crippen LogP contribution in [0.2, 0.25) is 0 Å². The van der Waals surface area contributed by atoms with Gasteiger partial charge in [0.2, 0.25) is 5.89 Å². The molecule has 0 saturated heterocycles. The summed E-state index contributed by atoms with van der Waals surface area (Å²) in [6, 6.07) is 0.433. The topological polar surface area (TPSA) is 51.0 Å². The molecule has 1 unspecified atom stereocenters. The number of hydrogen-bond acceptors (Lipinski definition) is 5. The Morgan fingerprint density at radius 2 is 2.18 bits per heavy atom. The van der Waals surface area contributed by atoms with Gasteiger partial charge in [-0.2, -0.15) is 16.7 Å². The Balaban J connectivity index is 2.52. The fourth-order valence-corrected chi connectivity index (χ4v) is 2.24. The van der Waals surface area contributed by atoms with Crippen molar-refractivity contribution in [3.8, 4) is 0 Å². The summed E-state index contributed by atoms with van der Waals surface area (Å²) in [4.78, 5) is 4.39. The molecule has 5 heteroatoms. The molecule has 0 aromatic carbocycles. The van der Waals surface area contributed by atoms with Crippen LogP contribution in [0.3, 0.4) is 0 Å². The molecular weight excluding hydrogens is 234 g/mol. The summed E-state index contributed by atoms with van der Waals surface area (Å²) < 4.78 is 5.26. The first-order valence-electron chi connectivity index (χ1n) is 6.19. The van der Waals surface area contributed by atoms with Gasteiger partial charge in [-0.25, -0.2) is 0 Å². The van der Waals surface area contributed by atoms with Gasteiger partial charge in [-0.15, -0.1) is 0 Å². The second-order valence-corrected chi connectivity index (χ2v) is 5.49. The van der Waals surface area contributed by atoms with Gasteiger partial charge in [0.15, 0.2) is 5.82 Å². The zero-order valence-electron chi connectivity index (χ0n) is 11.2. The maximum atomic E-state index is 5.26. The Hall–Kier alpha value is -0.550. The molecule has 1 aromatic heterocycles. The van der Waals surface area contributed by atoms with Crippen molar-refractivity contribution in [2.75, 3.05) is 12.8 Å². The van der Waals surface area contributed by atoms with E-state index in [0.717, 1.165) is 36.9 Å². The van der Waals surface area contributed by atoms with E-state index >= 15 is 0 Å². The highest BCUT2D eigenvalue weighted by Crippen LogP contribution is 2.11. The van der Waals surface area contributed by atoms with Crippen molar-refractivity contribution in [1.29, 1.82) is 0 Å². The van der Waals surface area contributed by atoms with Crippen molar-refractivity contribution in [2.24, 2.45) is 5.92 Å². The lowest BCUT2D eigenvalue weighted by atomic mass is 10.0.